The van der Waals surface area contributed by atoms with E-state index in [2.05, 4.69) is 15.1 Å². The molecule has 0 N–H and O–H groups in total. The van der Waals surface area contributed by atoms with Crippen LogP contribution in [-0.4, -0.2) is 51.3 Å². The molecule has 8 heteroatoms. The number of amides is 1. The molecular formula is C27H29N5O3. The zero-order valence-corrected chi connectivity index (χ0v) is 20.1. The quantitative estimate of drug-likeness (QED) is 0.407. The van der Waals surface area contributed by atoms with Gasteiger partial charge >= 0.3 is 0 Å². The predicted octanol–water partition coefficient (Wildman–Crippen LogP) is 4.65. The number of likely N-dealkylation sites (tertiary alicyclic amines) is 1. The number of carbonyl (C=O) groups excluding carboxylic acids is 1. The fourth-order valence-electron chi connectivity index (χ4n) is 4.80. The van der Waals surface area contributed by atoms with E-state index >= 15 is 0 Å². The molecule has 0 bridgehead atoms. The number of hydrogen-bond donors (Lipinski definition) is 0. The molecule has 8 nitrogen and oxygen atoms in total. The maximum absolute atomic E-state index is 13.6. The molecule has 3 aromatic heterocycles. The third-order valence-electron chi connectivity index (χ3n) is 6.64. The van der Waals surface area contributed by atoms with E-state index in [0.29, 0.717) is 12.1 Å². The van der Waals surface area contributed by atoms with E-state index in [1.54, 1.807) is 39.0 Å². The summed E-state index contributed by atoms with van der Waals surface area (Å²) in [4.78, 5) is 24.4. The highest BCUT2D eigenvalue weighted by Crippen LogP contribution is 2.31. The van der Waals surface area contributed by atoms with Crippen LogP contribution in [-0.2, 0) is 6.54 Å². The van der Waals surface area contributed by atoms with Gasteiger partial charge in [0.25, 0.3) is 5.91 Å². The van der Waals surface area contributed by atoms with E-state index in [9.17, 15) is 4.79 Å². The van der Waals surface area contributed by atoms with Gasteiger partial charge in [0.2, 0.25) is 0 Å². The SMILES string of the molecule is COc1ccc(Cn2ncc3cc(C(=O)N4CCCCCC4c4ccncc4)cnc32)c(OC)c1. The lowest BCUT2D eigenvalue weighted by atomic mass is 10.0. The monoisotopic (exact) mass is 471 g/mol. The molecule has 0 spiro atoms. The van der Waals surface area contributed by atoms with Crippen molar-refractivity contribution in [3.05, 3.63) is 77.9 Å². The zero-order valence-electron chi connectivity index (χ0n) is 20.1. The van der Waals surface area contributed by atoms with E-state index in [1.807, 2.05) is 46.0 Å². The molecule has 1 unspecified atom stereocenters. The topological polar surface area (TPSA) is 82.4 Å². The summed E-state index contributed by atoms with van der Waals surface area (Å²) < 4.78 is 12.6. The number of nitrogens with zero attached hydrogens (tertiary/aromatic N) is 5. The second kappa shape index (κ2) is 10.1. The van der Waals surface area contributed by atoms with E-state index in [0.717, 1.165) is 65.9 Å². The molecule has 4 heterocycles. The normalized spacial score (nSPS) is 16.2. The predicted molar refractivity (Wildman–Crippen MR) is 133 cm³/mol. The lowest BCUT2D eigenvalue weighted by Crippen LogP contribution is -2.34. The Morgan fingerprint density at radius 3 is 2.69 bits per heavy atom. The number of pyridine rings is 2. The molecule has 1 aliphatic heterocycles. The molecule has 180 valence electrons. The molecule has 4 aromatic rings. The van der Waals surface area contributed by atoms with Crippen molar-refractivity contribution in [2.24, 2.45) is 0 Å². The molecule has 1 fully saturated rings. The fraction of sp³-hybridized carbons (Fsp3) is 0.333. The van der Waals surface area contributed by atoms with Crippen molar-refractivity contribution in [3.8, 4) is 11.5 Å². The second-order valence-corrected chi connectivity index (χ2v) is 8.76. The summed E-state index contributed by atoms with van der Waals surface area (Å²) >= 11 is 0. The molecule has 5 rings (SSSR count). The molecule has 0 saturated carbocycles. The van der Waals surface area contributed by atoms with Gasteiger partial charge in [-0.2, -0.15) is 5.10 Å². The number of hydrogen-bond acceptors (Lipinski definition) is 6. The molecular weight excluding hydrogens is 442 g/mol. The van der Waals surface area contributed by atoms with Gasteiger partial charge in [-0.3, -0.25) is 9.78 Å². The second-order valence-electron chi connectivity index (χ2n) is 8.76. The summed E-state index contributed by atoms with van der Waals surface area (Å²) in [7, 11) is 3.26. The van der Waals surface area contributed by atoms with Gasteiger partial charge in [0.15, 0.2) is 5.65 Å². The van der Waals surface area contributed by atoms with Crippen LogP contribution < -0.4 is 9.47 Å². The third-order valence-corrected chi connectivity index (χ3v) is 6.64. The van der Waals surface area contributed by atoms with Crippen LogP contribution in [0.4, 0.5) is 0 Å². The smallest absolute Gasteiger partial charge is 0.255 e. The van der Waals surface area contributed by atoms with Crippen LogP contribution in [0, 0.1) is 0 Å². The average molecular weight is 472 g/mol. The van der Waals surface area contributed by atoms with Gasteiger partial charge in [-0.25, -0.2) is 9.67 Å². The van der Waals surface area contributed by atoms with Crippen LogP contribution >= 0.6 is 0 Å². The Morgan fingerprint density at radius 2 is 1.89 bits per heavy atom. The highest BCUT2D eigenvalue weighted by Gasteiger charge is 2.28. The Labute approximate surface area is 204 Å². The standard InChI is InChI=1S/C27H29N5O3/c1-34-23-8-7-20(25(15-23)35-2)18-32-26-21(17-30-32)14-22(16-29-26)27(33)31-13-5-3-4-6-24(31)19-9-11-28-12-10-19/h7-12,14-17,24H,3-6,13,18H2,1-2H3. The third kappa shape index (κ3) is 4.69. The number of aromatic nitrogens is 4. The van der Waals surface area contributed by atoms with E-state index in [-0.39, 0.29) is 11.9 Å². The molecule has 0 aliphatic carbocycles. The minimum Gasteiger partial charge on any atom is -0.497 e. The van der Waals surface area contributed by atoms with Gasteiger partial charge in [-0.1, -0.05) is 12.8 Å². The fourth-order valence-corrected chi connectivity index (χ4v) is 4.80. The van der Waals surface area contributed by atoms with Crippen molar-refractivity contribution < 1.29 is 14.3 Å². The first-order chi connectivity index (χ1) is 17.2. The first-order valence-corrected chi connectivity index (χ1v) is 11.9. The molecule has 1 aliphatic rings. The van der Waals surface area contributed by atoms with E-state index < -0.39 is 0 Å². The van der Waals surface area contributed by atoms with Crippen LogP contribution in [0.1, 0.15) is 53.2 Å². The maximum atomic E-state index is 13.6. The van der Waals surface area contributed by atoms with Crippen molar-refractivity contribution in [2.45, 2.75) is 38.3 Å². The Balaban J connectivity index is 1.42. The summed E-state index contributed by atoms with van der Waals surface area (Å²) in [6, 6.07) is 11.7. The minimum absolute atomic E-state index is 0.00712. The molecule has 1 aromatic carbocycles. The van der Waals surface area contributed by atoms with E-state index in [4.69, 9.17) is 9.47 Å². The average Bonchev–Trinajstić information content (AvgIpc) is 3.14. The first-order valence-electron chi connectivity index (χ1n) is 11.9. The number of rotatable bonds is 6. The van der Waals surface area contributed by atoms with Crippen LogP contribution in [0.2, 0.25) is 0 Å². The Bertz CT molecular complexity index is 1320. The lowest BCUT2D eigenvalue weighted by molar-refractivity contribution is 0.0680. The van der Waals surface area contributed by atoms with E-state index in [1.165, 1.54) is 0 Å². The molecule has 35 heavy (non-hydrogen) atoms. The van der Waals surface area contributed by atoms with Crippen molar-refractivity contribution in [2.75, 3.05) is 20.8 Å². The first kappa shape index (κ1) is 22.8. The Morgan fingerprint density at radius 1 is 1.03 bits per heavy atom. The van der Waals surface area contributed by atoms with Crippen LogP contribution in [0.15, 0.2) is 61.2 Å². The van der Waals surface area contributed by atoms with Crippen molar-refractivity contribution >= 4 is 16.9 Å². The number of methoxy groups -OCH3 is 2. The minimum atomic E-state index is 0.00712. The summed E-state index contributed by atoms with van der Waals surface area (Å²) in [5.74, 6) is 1.46. The zero-order chi connectivity index (χ0) is 24.2. The number of benzene rings is 1. The Hall–Kier alpha value is -3.94. The molecule has 1 saturated heterocycles. The summed E-state index contributed by atoms with van der Waals surface area (Å²) in [6.45, 7) is 1.23. The van der Waals surface area contributed by atoms with Gasteiger partial charge in [-0.05, 0) is 48.7 Å². The maximum Gasteiger partial charge on any atom is 0.255 e. The number of fused-ring (bicyclic) bond motifs is 1. The van der Waals surface area contributed by atoms with Crippen molar-refractivity contribution in [1.82, 2.24) is 24.6 Å². The molecule has 1 amide bonds. The van der Waals surface area contributed by atoms with Crippen LogP contribution in [0.5, 0.6) is 11.5 Å². The van der Waals surface area contributed by atoms with Crippen molar-refractivity contribution in [1.29, 1.82) is 0 Å². The van der Waals surface area contributed by atoms with Gasteiger partial charge in [0.1, 0.15) is 11.5 Å². The Kier molecular flexibility index (Phi) is 6.61. The lowest BCUT2D eigenvalue weighted by Gasteiger charge is -2.30. The highest BCUT2D eigenvalue weighted by atomic mass is 16.5. The highest BCUT2D eigenvalue weighted by molar-refractivity contribution is 5.97. The number of ether oxygens (including phenoxy) is 2. The molecule has 1 atom stereocenters. The van der Waals surface area contributed by atoms with Crippen LogP contribution in [0.3, 0.4) is 0 Å². The molecule has 0 radical (unpaired) electrons. The van der Waals surface area contributed by atoms with Gasteiger partial charge in [-0.15, -0.1) is 0 Å². The summed E-state index contributed by atoms with van der Waals surface area (Å²) in [5, 5.41) is 5.37. The summed E-state index contributed by atoms with van der Waals surface area (Å²) in [6.07, 6.45) is 11.2. The van der Waals surface area contributed by atoms with Gasteiger partial charge in [0, 0.05) is 42.2 Å². The largest absolute Gasteiger partial charge is 0.497 e. The number of carbonyl (C=O) groups is 1. The van der Waals surface area contributed by atoms with Gasteiger partial charge in [0.05, 0.1) is 38.6 Å². The van der Waals surface area contributed by atoms with Crippen LogP contribution in [0.25, 0.3) is 11.0 Å². The van der Waals surface area contributed by atoms with Gasteiger partial charge < -0.3 is 14.4 Å². The van der Waals surface area contributed by atoms with Crippen molar-refractivity contribution in [3.63, 3.8) is 0 Å². The summed E-state index contributed by atoms with van der Waals surface area (Å²) in [5.41, 5.74) is 3.40.